The third-order valence-corrected chi connectivity index (χ3v) is 5.78. The van der Waals surface area contributed by atoms with Crippen molar-refractivity contribution in [1.29, 1.82) is 0 Å². The summed E-state index contributed by atoms with van der Waals surface area (Å²) in [5.74, 6) is 0.542. The Kier molecular flexibility index (Phi) is 5.16. The highest BCUT2D eigenvalue weighted by Crippen LogP contribution is 2.45. The maximum Gasteiger partial charge on any atom is 0.245 e. The van der Waals surface area contributed by atoms with Crippen molar-refractivity contribution in [3.63, 3.8) is 0 Å². The Morgan fingerprint density at radius 3 is 2.71 bits per heavy atom. The molecule has 0 saturated carbocycles. The summed E-state index contributed by atoms with van der Waals surface area (Å²) in [6, 6.07) is 19.3. The Bertz CT molecular complexity index is 1000. The van der Waals surface area contributed by atoms with Crippen LogP contribution in [0.5, 0.6) is 0 Å². The quantitative estimate of drug-likeness (QED) is 0.719. The van der Waals surface area contributed by atoms with Crippen molar-refractivity contribution in [2.24, 2.45) is 0 Å². The fourth-order valence-electron chi connectivity index (χ4n) is 3.16. The molecule has 2 aromatic carbocycles. The standard InChI is InChI=1S/C21H19N3O3S/c1-14-11-19(23-27-14)22-20(25)13-24-16-9-5-6-10-17(16)28-18(12-21(24)26)15-7-3-2-4-8-15/h2-11,18H,12-13H2,1H3,(H,22,23,25)/t18-/m1/s1. The van der Waals surface area contributed by atoms with Gasteiger partial charge in [0.25, 0.3) is 0 Å². The fourth-order valence-corrected chi connectivity index (χ4v) is 4.44. The molecule has 1 atom stereocenters. The van der Waals surface area contributed by atoms with Crippen LogP contribution >= 0.6 is 11.8 Å². The summed E-state index contributed by atoms with van der Waals surface area (Å²) < 4.78 is 4.97. The SMILES string of the molecule is Cc1cc(NC(=O)CN2C(=O)C[C@H](c3ccccc3)Sc3ccccc32)no1. The van der Waals surface area contributed by atoms with Crippen LogP contribution in [0.3, 0.4) is 0 Å². The Balaban J connectivity index is 1.59. The van der Waals surface area contributed by atoms with E-state index in [0.717, 1.165) is 16.1 Å². The zero-order chi connectivity index (χ0) is 19.5. The highest BCUT2D eigenvalue weighted by Gasteiger charge is 2.30. The van der Waals surface area contributed by atoms with Gasteiger partial charge in [0.2, 0.25) is 11.8 Å². The van der Waals surface area contributed by atoms with Crippen molar-refractivity contribution < 1.29 is 14.1 Å². The van der Waals surface area contributed by atoms with Crippen molar-refractivity contribution >= 4 is 35.1 Å². The molecular formula is C21H19N3O3S. The van der Waals surface area contributed by atoms with Gasteiger partial charge in [0.15, 0.2) is 5.82 Å². The molecule has 142 valence electrons. The smallest absolute Gasteiger partial charge is 0.245 e. The van der Waals surface area contributed by atoms with Gasteiger partial charge in [-0.25, -0.2) is 0 Å². The van der Waals surface area contributed by atoms with Gasteiger partial charge < -0.3 is 14.7 Å². The topological polar surface area (TPSA) is 75.4 Å². The molecule has 3 aromatic rings. The van der Waals surface area contributed by atoms with E-state index in [-0.39, 0.29) is 23.6 Å². The van der Waals surface area contributed by atoms with Crippen LogP contribution in [0.2, 0.25) is 0 Å². The van der Waals surface area contributed by atoms with Crippen LogP contribution in [0.1, 0.15) is 23.0 Å². The molecule has 0 fully saturated rings. The molecule has 28 heavy (non-hydrogen) atoms. The van der Waals surface area contributed by atoms with Crippen LogP contribution in [0.4, 0.5) is 11.5 Å². The van der Waals surface area contributed by atoms with Crippen LogP contribution < -0.4 is 10.2 Å². The highest BCUT2D eigenvalue weighted by molar-refractivity contribution is 7.99. The van der Waals surface area contributed by atoms with E-state index in [4.69, 9.17) is 4.52 Å². The number of carbonyl (C=O) groups is 2. The normalized spacial score (nSPS) is 16.4. The Hall–Kier alpha value is -3.06. The maximum atomic E-state index is 13.1. The van der Waals surface area contributed by atoms with Crippen molar-refractivity contribution in [1.82, 2.24) is 5.16 Å². The van der Waals surface area contributed by atoms with E-state index >= 15 is 0 Å². The van der Waals surface area contributed by atoms with E-state index in [1.54, 1.807) is 29.7 Å². The van der Waals surface area contributed by atoms with Gasteiger partial charge in [-0.3, -0.25) is 9.59 Å². The number of amides is 2. The lowest BCUT2D eigenvalue weighted by Gasteiger charge is -2.21. The van der Waals surface area contributed by atoms with Crippen LogP contribution in [-0.4, -0.2) is 23.5 Å². The third kappa shape index (κ3) is 3.94. The minimum atomic E-state index is -0.320. The second-order valence-electron chi connectivity index (χ2n) is 6.54. The molecular weight excluding hydrogens is 374 g/mol. The first-order chi connectivity index (χ1) is 13.6. The largest absolute Gasteiger partial charge is 0.360 e. The number of hydrogen-bond donors (Lipinski definition) is 1. The van der Waals surface area contributed by atoms with Gasteiger partial charge in [-0.1, -0.05) is 47.6 Å². The Morgan fingerprint density at radius 1 is 1.21 bits per heavy atom. The molecule has 1 N–H and O–H groups in total. The average Bonchev–Trinajstić information content (AvgIpc) is 3.05. The number of anilines is 2. The number of benzene rings is 2. The van der Waals surface area contributed by atoms with Crippen molar-refractivity contribution in [3.05, 3.63) is 72.0 Å². The number of para-hydroxylation sites is 1. The molecule has 1 aliphatic heterocycles. The molecule has 0 spiro atoms. The summed E-state index contributed by atoms with van der Waals surface area (Å²) in [5, 5.41) is 6.45. The molecule has 2 amide bonds. The van der Waals surface area contributed by atoms with Crippen LogP contribution in [0.15, 0.2) is 70.1 Å². The number of nitrogens with zero attached hydrogens (tertiary/aromatic N) is 2. The van der Waals surface area contributed by atoms with Gasteiger partial charge in [-0.15, -0.1) is 11.8 Å². The van der Waals surface area contributed by atoms with Gasteiger partial charge in [0.1, 0.15) is 12.3 Å². The second kappa shape index (κ2) is 7.90. The predicted molar refractivity (Wildman–Crippen MR) is 108 cm³/mol. The third-order valence-electron chi connectivity index (χ3n) is 4.45. The van der Waals surface area contributed by atoms with E-state index < -0.39 is 0 Å². The number of thioether (sulfide) groups is 1. The summed E-state index contributed by atoms with van der Waals surface area (Å²) in [4.78, 5) is 28.1. The van der Waals surface area contributed by atoms with Crippen molar-refractivity contribution in [2.75, 3.05) is 16.8 Å². The number of carbonyl (C=O) groups excluding carboxylic acids is 2. The van der Waals surface area contributed by atoms with Gasteiger partial charge in [0, 0.05) is 22.6 Å². The summed E-state index contributed by atoms with van der Waals surface area (Å²) in [6.45, 7) is 1.67. The fraction of sp³-hybridized carbons (Fsp3) is 0.190. The zero-order valence-electron chi connectivity index (χ0n) is 15.3. The van der Waals surface area contributed by atoms with Crippen LogP contribution in [-0.2, 0) is 9.59 Å². The number of aromatic nitrogens is 1. The van der Waals surface area contributed by atoms with E-state index in [0.29, 0.717) is 18.0 Å². The molecule has 0 unspecified atom stereocenters. The van der Waals surface area contributed by atoms with E-state index in [2.05, 4.69) is 10.5 Å². The number of rotatable bonds is 4. The molecule has 0 radical (unpaired) electrons. The van der Waals surface area contributed by atoms with E-state index in [1.807, 2.05) is 54.6 Å². The predicted octanol–water partition coefficient (Wildman–Crippen LogP) is 4.19. The molecule has 0 saturated heterocycles. The van der Waals surface area contributed by atoms with Crippen molar-refractivity contribution in [2.45, 2.75) is 23.5 Å². The van der Waals surface area contributed by atoms with Gasteiger partial charge in [-0.05, 0) is 24.6 Å². The Labute approximate surface area is 166 Å². The average molecular weight is 393 g/mol. The second-order valence-corrected chi connectivity index (χ2v) is 7.78. The summed E-state index contributed by atoms with van der Waals surface area (Å²) in [5.41, 5.74) is 1.85. The minimum Gasteiger partial charge on any atom is -0.360 e. The number of fused-ring (bicyclic) bond motifs is 1. The molecule has 4 rings (SSSR count). The number of nitrogens with one attached hydrogen (secondary N) is 1. The summed E-state index contributed by atoms with van der Waals surface area (Å²) >= 11 is 1.65. The molecule has 7 heteroatoms. The lowest BCUT2D eigenvalue weighted by Crippen LogP contribution is -2.38. The number of aryl methyl sites for hydroxylation is 1. The zero-order valence-corrected chi connectivity index (χ0v) is 16.1. The first-order valence-electron chi connectivity index (χ1n) is 8.94. The summed E-state index contributed by atoms with van der Waals surface area (Å²) in [7, 11) is 0. The van der Waals surface area contributed by atoms with E-state index in [1.165, 1.54) is 0 Å². The van der Waals surface area contributed by atoms with Gasteiger partial charge in [0.05, 0.1) is 5.69 Å². The summed E-state index contributed by atoms with van der Waals surface area (Å²) in [6.07, 6.45) is 0.319. The first-order valence-corrected chi connectivity index (χ1v) is 9.82. The van der Waals surface area contributed by atoms with Gasteiger partial charge >= 0.3 is 0 Å². The molecule has 0 aliphatic carbocycles. The lowest BCUT2D eigenvalue weighted by molar-refractivity contribution is -0.121. The Morgan fingerprint density at radius 2 is 1.96 bits per heavy atom. The molecule has 1 aliphatic rings. The maximum absolute atomic E-state index is 13.1. The van der Waals surface area contributed by atoms with Crippen LogP contribution in [0.25, 0.3) is 0 Å². The highest BCUT2D eigenvalue weighted by atomic mass is 32.2. The monoisotopic (exact) mass is 393 g/mol. The molecule has 1 aromatic heterocycles. The first kappa shape index (κ1) is 18.3. The van der Waals surface area contributed by atoms with Crippen molar-refractivity contribution in [3.8, 4) is 0 Å². The molecule has 2 heterocycles. The minimum absolute atomic E-state index is 0.00102. The van der Waals surface area contributed by atoms with Crippen LogP contribution in [0, 0.1) is 6.92 Å². The van der Waals surface area contributed by atoms with E-state index in [9.17, 15) is 9.59 Å². The molecule has 6 nitrogen and oxygen atoms in total. The number of hydrogen-bond acceptors (Lipinski definition) is 5. The lowest BCUT2D eigenvalue weighted by atomic mass is 10.1. The van der Waals surface area contributed by atoms with Gasteiger partial charge in [-0.2, -0.15) is 0 Å². The molecule has 0 bridgehead atoms.